The molecule has 1 aromatic heterocycles. The fourth-order valence-electron chi connectivity index (χ4n) is 0.911. The molecule has 13 heavy (non-hydrogen) atoms. The summed E-state index contributed by atoms with van der Waals surface area (Å²) in [5.41, 5.74) is -0.356. The van der Waals surface area contributed by atoms with Gasteiger partial charge in [-0.1, -0.05) is 0 Å². The zero-order valence-electron chi connectivity index (χ0n) is 7.14. The first-order valence-corrected chi connectivity index (χ1v) is 3.53. The summed E-state index contributed by atoms with van der Waals surface area (Å²) < 4.78 is 41.2. The third-order valence-corrected chi connectivity index (χ3v) is 1.48. The Balaban J connectivity index is 3.22. The van der Waals surface area contributed by atoms with E-state index in [1.807, 2.05) is 0 Å². The van der Waals surface area contributed by atoms with Crippen molar-refractivity contribution in [3.05, 3.63) is 23.5 Å². The number of rotatable bonds is 1. The van der Waals surface area contributed by atoms with Crippen LogP contribution < -0.4 is 4.74 Å². The summed E-state index contributed by atoms with van der Waals surface area (Å²) in [4.78, 5) is 3.27. The maximum absolute atomic E-state index is 12.2. The first kappa shape index (κ1) is 9.83. The predicted octanol–water partition coefficient (Wildman–Crippen LogP) is 2.42. The average molecular weight is 191 g/mol. The molecule has 0 bridgehead atoms. The molecular weight excluding hydrogens is 183 g/mol. The van der Waals surface area contributed by atoms with Crippen molar-refractivity contribution in [1.29, 1.82) is 0 Å². The van der Waals surface area contributed by atoms with Crippen molar-refractivity contribution >= 4 is 0 Å². The minimum absolute atomic E-state index is 0.243. The van der Waals surface area contributed by atoms with Gasteiger partial charge in [-0.3, -0.25) is 0 Å². The SMILES string of the molecule is COc1cc(C)cnc1C(F)(F)F. The van der Waals surface area contributed by atoms with E-state index in [1.165, 1.54) is 13.2 Å². The van der Waals surface area contributed by atoms with Crippen LogP contribution in [0.15, 0.2) is 12.3 Å². The number of halogens is 3. The molecule has 0 aromatic carbocycles. The van der Waals surface area contributed by atoms with Crippen molar-refractivity contribution in [2.24, 2.45) is 0 Å². The highest BCUT2D eigenvalue weighted by Crippen LogP contribution is 2.34. The zero-order valence-corrected chi connectivity index (χ0v) is 7.14. The van der Waals surface area contributed by atoms with Gasteiger partial charge in [0.15, 0.2) is 5.69 Å². The Hall–Kier alpha value is -1.26. The molecule has 0 radical (unpaired) electrons. The minimum Gasteiger partial charge on any atom is -0.494 e. The van der Waals surface area contributed by atoms with Crippen LogP contribution in [0.2, 0.25) is 0 Å². The molecule has 0 unspecified atom stereocenters. The van der Waals surface area contributed by atoms with E-state index in [1.54, 1.807) is 6.92 Å². The van der Waals surface area contributed by atoms with E-state index in [0.29, 0.717) is 5.56 Å². The molecule has 0 spiro atoms. The monoisotopic (exact) mass is 191 g/mol. The number of hydrogen-bond donors (Lipinski definition) is 0. The fourth-order valence-corrected chi connectivity index (χ4v) is 0.911. The highest BCUT2D eigenvalue weighted by Gasteiger charge is 2.36. The van der Waals surface area contributed by atoms with Gasteiger partial charge in [0.1, 0.15) is 5.75 Å². The van der Waals surface area contributed by atoms with Crippen molar-refractivity contribution in [3.63, 3.8) is 0 Å². The summed E-state index contributed by atoms with van der Waals surface area (Å²) in [5, 5.41) is 0. The quantitative estimate of drug-likeness (QED) is 0.680. The highest BCUT2D eigenvalue weighted by molar-refractivity contribution is 5.32. The lowest BCUT2D eigenvalue weighted by molar-refractivity contribution is -0.142. The normalized spacial score (nSPS) is 11.5. The van der Waals surface area contributed by atoms with Gasteiger partial charge in [-0.15, -0.1) is 0 Å². The zero-order chi connectivity index (χ0) is 10.1. The molecule has 0 aliphatic heterocycles. The van der Waals surface area contributed by atoms with Gasteiger partial charge >= 0.3 is 6.18 Å². The number of hydrogen-bond acceptors (Lipinski definition) is 2. The lowest BCUT2D eigenvalue weighted by Gasteiger charge is -2.10. The minimum atomic E-state index is -4.46. The van der Waals surface area contributed by atoms with Crippen LogP contribution in [0.25, 0.3) is 0 Å². The van der Waals surface area contributed by atoms with E-state index >= 15 is 0 Å². The van der Waals surface area contributed by atoms with E-state index in [9.17, 15) is 13.2 Å². The summed E-state index contributed by atoms with van der Waals surface area (Å²) in [6, 6.07) is 1.30. The van der Waals surface area contributed by atoms with E-state index in [4.69, 9.17) is 0 Å². The predicted molar refractivity (Wildman–Crippen MR) is 40.5 cm³/mol. The fraction of sp³-hybridized carbons (Fsp3) is 0.375. The van der Waals surface area contributed by atoms with Gasteiger partial charge in [-0.25, -0.2) is 4.98 Å². The smallest absolute Gasteiger partial charge is 0.437 e. The van der Waals surface area contributed by atoms with Crippen molar-refractivity contribution in [1.82, 2.24) is 4.98 Å². The molecule has 0 atom stereocenters. The third kappa shape index (κ3) is 2.11. The Morgan fingerprint density at radius 1 is 1.38 bits per heavy atom. The number of aryl methyl sites for hydroxylation is 1. The van der Waals surface area contributed by atoms with Gasteiger partial charge in [-0.2, -0.15) is 13.2 Å². The molecule has 1 aromatic rings. The van der Waals surface area contributed by atoms with Gasteiger partial charge < -0.3 is 4.74 Å². The van der Waals surface area contributed by atoms with E-state index < -0.39 is 11.9 Å². The lowest BCUT2D eigenvalue weighted by atomic mass is 10.2. The van der Waals surface area contributed by atoms with Gasteiger partial charge in [0.25, 0.3) is 0 Å². The summed E-state index contributed by atoms with van der Waals surface area (Å²) in [6.45, 7) is 1.65. The summed E-state index contributed by atoms with van der Waals surface area (Å²) >= 11 is 0. The van der Waals surface area contributed by atoms with Crippen LogP contribution >= 0.6 is 0 Å². The molecule has 1 heterocycles. The van der Waals surface area contributed by atoms with Gasteiger partial charge in [-0.05, 0) is 18.6 Å². The van der Waals surface area contributed by atoms with Crippen LogP contribution in [0.5, 0.6) is 5.75 Å². The Bertz CT molecular complexity index is 309. The van der Waals surface area contributed by atoms with Gasteiger partial charge in [0.05, 0.1) is 7.11 Å². The first-order chi connectivity index (χ1) is 5.95. The number of aromatic nitrogens is 1. The van der Waals surface area contributed by atoms with Crippen LogP contribution in [0, 0.1) is 6.92 Å². The molecule has 0 aliphatic rings. The molecule has 5 heteroatoms. The topological polar surface area (TPSA) is 22.1 Å². The summed E-state index contributed by atoms with van der Waals surface area (Å²) in [5.74, 6) is -0.243. The number of methoxy groups -OCH3 is 1. The van der Waals surface area contributed by atoms with Crippen molar-refractivity contribution in [2.45, 2.75) is 13.1 Å². The standard InChI is InChI=1S/C8H8F3NO/c1-5-3-6(13-2)7(12-4-5)8(9,10)11/h3-4H,1-2H3. The van der Waals surface area contributed by atoms with Crippen LogP contribution in [-0.4, -0.2) is 12.1 Å². The Morgan fingerprint density at radius 3 is 2.46 bits per heavy atom. The van der Waals surface area contributed by atoms with E-state index in [2.05, 4.69) is 9.72 Å². The van der Waals surface area contributed by atoms with Crippen LogP contribution in [0.3, 0.4) is 0 Å². The number of nitrogens with zero attached hydrogens (tertiary/aromatic N) is 1. The van der Waals surface area contributed by atoms with E-state index in [0.717, 1.165) is 6.20 Å². The second-order valence-electron chi connectivity index (χ2n) is 2.56. The molecular formula is C8H8F3NO. The molecule has 72 valence electrons. The number of pyridine rings is 1. The van der Waals surface area contributed by atoms with Crippen LogP contribution in [0.1, 0.15) is 11.3 Å². The third-order valence-electron chi connectivity index (χ3n) is 1.48. The van der Waals surface area contributed by atoms with Crippen molar-refractivity contribution < 1.29 is 17.9 Å². The molecule has 0 fully saturated rings. The average Bonchev–Trinajstić information content (AvgIpc) is 2.01. The largest absolute Gasteiger partial charge is 0.494 e. The maximum Gasteiger partial charge on any atom is 0.437 e. The summed E-state index contributed by atoms with van der Waals surface area (Å²) in [7, 11) is 1.19. The lowest BCUT2D eigenvalue weighted by Crippen LogP contribution is -2.10. The number of ether oxygens (including phenoxy) is 1. The maximum atomic E-state index is 12.2. The van der Waals surface area contributed by atoms with Crippen LogP contribution in [-0.2, 0) is 6.18 Å². The molecule has 0 aliphatic carbocycles. The number of alkyl halides is 3. The van der Waals surface area contributed by atoms with E-state index in [-0.39, 0.29) is 5.75 Å². The van der Waals surface area contributed by atoms with Gasteiger partial charge in [0.2, 0.25) is 0 Å². The molecule has 0 amide bonds. The van der Waals surface area contributed by atoms with Gasteiger partial charge in [0, 0.05) is 6.20 Å². The van der Waals surface area contributed by atoms with Crippen LogP contribution in [0.4, 0.5) is 13.2 Å². The molecule has 2 nitrogen and oxygen atoms in total. The highest BCUT2D eigenvalue weighted by atomic mass is 19.4. The second-order valence-corrected chi connectivity index (χ2v) is 2.56. The first-order valence-electron chi connectivity index (χ1n) is 3.53. The molecule has 0 saturated carbocycles. The van der Waals surface area contributed by atoms with Crippen molar-refractivity contribution in [3.8, 4) is 5.75 Å². The second kappa shape index (κ2) is 3.24. The molecule has 1 rings (SSSR count). The summed E-state index contributed by atoms with van der Waals surface area (Å²) in [6.07, 6.45) is -3.30. The Kier molecular flexibility index (Phi) is 2.45. The molecule has 0 saturated heterocycles. The van der Waals surface area contributed by atoms with Crippen molar-refractivity contribution in [2.75, 3.05) is 7.11 Å². The Labute approximate surface area is 73.4 Å². The molecule has 0 N–H and O–H groups in total. The Morgan fingerprint density at radius 2 is 2.00 bits per heavy atom.